The summed E-state index contributed by atoms with van der Waals surface area (Å²) in [6.07, 6.45) is 3.49. The number of carbonyl (C=O) groups is 4. The van der Waals surface area contributed by atoms with E-state index in [0.717, 1.165) is 17.1 Å². The molecular weight excluding hydrogens is 1030 g/mol. The molecule has 17 N–H and O–H groups in total. The second-order valence-corrected chi connectivity index (χ2v) is 21.5. The van der Waals surface area contributed by atoms with Crippen molar-refractivity contribution >= 4 is 72.3 Å². The molecule has 2 aromatic carbocycles. The van der Waals surface area contributed by atoms with Crippen LogP contribution in [0, 0.1) is 0 Å². The number of nitrogens with zero attached hydrogens (tertiary/aromatic N) is 4. The van der Waals surface area contributed by atoms with Crippen molar-refractivity contribution < 1.29 is 45.0 Å². The van der Waals surface area contributed by atoms with Gasteiger partial charge in [0.1, 0.15) is 47.5 Å². The molecule has 26 heteroatoms. The first kappa shape index (κ1) is 62.7. The van der Waals surface area contributed by atoms with Gasteiger partial charge in [-0.05, 0) is 116 Å². The van der Waals surface area contributed by atoms with Crippen molar-refractivity contribution in [2.24, 2.45) is 44.4 Å². The van der Waals surface area contributed by atoms with Crippen molar-refractivity contribution in [1.82, 2.24) is 25.2 Å². The Morgan fingerprint density at radius 2 is 1.32 bits per heavy atom. The molecule has 1 aliphatic heterocycles. The highest BCUT2D eigenvalue weighted by Crippen LogP contribution is 2.43. The zero-order valence-corrected chi connectivity index (χ0v) is 46.2. The van der Waals surface area contributed by atoms with E-state index in [9.17, 15) is 40.6 Å². The number of nitrogens with one attached hydrogen (secondary N) is 4. The Kier molecular flexibility index (Phi) is 24.6. The zero-order chi connectivity index (χ0) is 56.9. The fourth-order valence-electron chi connectivity index (χ4n) is 8.84. The number of aliphatic imine (C=N–C) groups is 2. The van der Waals surface area contributed by atoms with E-state index in [-0.39, 0.29) is 88.1 Å². The topological polar surface area (TPSA) is 405 Å². The van der Waals surface area contributed by atoms with Crippen LogP contribution in [0.4, 0.5) is 5.69 Å². The number of unbranched alkanes of at least 4 members (excludes halogenated alkanes) is 3. The average molecular weight is 1110 g/mol. The van der Waals surface area contributed by atoms with Crippen LogP contribution in [0.3, 0.4) is 0 Å². The molecule has 2 aromatic rings. The number of hydrogen-bond donors (Lipinski definition) is 11. The normalized spacial score (nSPS) is 12.8. The van der Waals surface area contributed by atoms with Crippen molar-refractivity contribution in [2.75, 3.05) is 57.3 Å². The lowest BCUT2D eigenvalue weighted by atomic mass is 9.93. The maximum Gasteiger partial charge on any atom is 0.295 e. The minimum Gasteiger partial charge on any atom is -0.456 e. The van der Waals surface area contributed by atoms with Crippen molar-refractivity contribution in [1.29, 1.82) is 0 Å². The predicted molar refractivity (Wildman–Crippen MR) is 299 cm³/mol. The van der Waals surface area contributed by atoms with Crippen LogP contribution in [0.1, 0.15) is 98.3 Å². The second-order valence-electron chi connectivity index (χ2n) is 18.4. The van der Waals surface area contributed by atoms with Gasteiger partial charge >= 0.3 is 0 Å². The Labute approximate surface area is 451 Å². The van der Waals surface area contributed by atoms with Gasteiger partial charge in [0.05, 0.1) is 11.0 Å². The number of hydrogen-bond acceptors (Lipinski definition) is 13. The van der Waals surface area contributed by atoms with Crippen molar-refractivity contribution in [3.05, 3.63) is 60.0 Å². The molecule has 24 nitrogen and oxygen atoms in total. The van der Waals surface area contributed by atoms with Gasteiger partial charge in [-0.25, -0.2) is 13.0 Å². The number of primary amides is 1. The van der Waals surface area contributed by atoms with E-state index in [1.807, 2.05) is 52.0 Å². The van der Waals surface area contributed by atoms with E-state index in [0.29, 0.717) is 86.1 Å². The third-order valence-corrected chi connectivity index (χ3v) is 15.3. The monoisotopic (exact) mass is 1110 g/mol. The zero-order valence-electron chi connectivity index (χ0n) is 44.6. The maximum absolute atomic E-state index is 14.3. The number of fused-ring (bicyclic) bond motifs is 2. The number of amides is 4. The lowest BCUT2D eigenvalue weighted by Crippen LogP contribution is -2.53. The quantitative estimate of drug-likeness (QED) is 0.00795. The molecule has 1 heterocycles. The molecule has 1 aliphatic carbocycles. The van der Waals surface area contributed by atoms with Crippen LogP contribution in [0.25, 0.3) is 33.4 Å². The molecule has 2 aliphatic rings. The van der Waals surface area contributed by atoms with Crippen LogP contribution in [-0.4, -0.2) is 127 Å². The first-order valence-corrected chi connectivity index (χ1v) is 29.0. The van der Waals surface area contributed by atoms with E-state index < -0.39 is 65.8 Å². The Bertz CT molecular complexity index is 2980. The van der Waals surface area contributed by atoms with Gasteiger partial charge in [0.2, 0.25) is 39.0 Å². The smallest absolute Gasteiger partial charge is 0.295 e. The average Bonchev–Trinajstić information content (AvgIpc) is 3.38. The summed E-state index contributed by atoms with van der Waals surface area (Å²) in [5, 5.41) is 9.47. The molecule has 77 heavy (non-hydrogen) atoms. The van der Waals surface area contributed by atoms with Gasteiger partial charge in [0, 0.05) is 79.0 Å². The van der Waals surface area contributed by atoms with Gasteiger partial charge in [0.25, 0.3) is 10.1 Å². The van der Waals surface area contributed by atoms with Crippen molar-refractivity contribution in [3.8, 4) is 22.5 Å². The van der Waals surface area contributed by atoms with Crippen LogP contribution >= 0.6 is 0 Å². The van der Waals surface area contributed by atoms with Crippen molar-refractivity contribution in [3.63, 3.8) is 0 Å². The Morgan fingerprint density at radius 3 is 1.92 bits per heavy atom. The number of anilines is 1. The minimum atomic E-state index is -5.14. The third-order valence-electron chi connectivity index (χ3n) is 12.9. The molecule has 4 amide bonds. The third kappa shape index (κ3) is 18.7. The number of guanidine groups is 2. The van der Waals surface area contributed by atoms with Crippen LogP contribution < -0.4 is 69.9 Å². The summed E-state index contributed by atoms with van der Waals surface area (Å²) in [5.74, 6) is -2.26. The van der Waals surface area contributed by atoms with Crippen LogP contribution in [0.15, 0.2) is 78.8 Å². The molecule has 424 valence electrons. The van der Waals surface area contributed by atoms with E-state index in [4.69, 9.17) is 38.8 Å². The van der Waals surface area contributed by atoms with Gasteiger partial charge in [-0.2, -0.15) is 13.1 Å². The van der Waals surface area contributed by atoms with Crippen LogP contribution in [0.2, 0.25) is 0 Å². The first-order chi connectivity index (χ1) is 36.6. The van der Waals surface area contributed by atoms with E-state index in [2.05, 4.69) is 40.1 Å². The molecular formula is C51H79N14O10S2+. The number of benzene rings is 3. The van der Waals surface area contributed by atoms with E-state index in [1.54, 1.807) is 12.1 Å². The molecule has 3 atom stereocenters. The number of carbonyl (C=O) groups excluding carboxylic acids is 4. The lowest BCUT2D eigenvalue weighted by molar-refractivity contribution is -0.130. The fraction of sp³-hybridized carbons (Fsp3) is 0.510. The number of nitrogens with two attached hydrogens (primary N) is 6. The largest absolute Gasteiger partial charge is 0.456 e. The van der Waals surface area contributed by atoms with Crippen LogP contribution in [-0.2, 0) is 39.3 Å². The summed E-state index contributed by atoms with van der Waals surface area (Å²) in [6, 6.07) is 10.9. The lowest BCUT2D eigenvalue weighted by Gasteiger charge is -2.24. The summed E-state index contributed by atoms with van der Waals surface area (Å²) in [7, 11) is -9.87. The summed E-state index contributed by atoms with van der Waals surface area (Å²) in [5.41, 5.74) is 35.1. The summed E-state index contributed by atoms with van der Waals surface area (Å²) < 4.78 is 77.3. The van der Waals surface area contributed by atoms with Gasteiger partial charge in [-0.3, -0.25) is 33.7 Å². The number of sulfonamides is 1. The highest BCUT2D eigenvalue weighted by Gasteiger charge is 2.32. The van der Waals surface area contributed by atoms with Gasteiger partial charge in [0.15, 0.2) is 11.9 Å². The highest BCUT2D eigenvalue weighted by atomic mass is 32.2. The van der Waals surface area contributed by atoms with Crippen LogP contribution in [0.5, 0.6) is 0 Å². The summed E-state index contributed by atoms with van der Waals surface area (Å²) >= 11 is 0. The molecule has 4 rings (SSSR count). The predicted octanol–water partition coefficient (Wildman–Crippen LogP) is 1.12. The van der Waals surface area contributed by atoms with Gasteiger partial charge < -0.3 is 59.7 Å². The SMILES string of the molecule is CCN(CC)c1ccc2c(-c3ccc(S(=O)(=O)N[C@@H](CCCN)C(=O)N[C@@H](CCCN=C(N)N)C(=O)NCCCCCCC(=O)N[C@H](CCCN=C(N)N)C(N)=O)cc3S(=O)(=O)O)c3ccc(=[N+](CC)CC)cc-3oc2c1. The molecule has 0 spiro atoms. The van der Waals surface area contributed by atoms with E-state index >= 15 is 0 Å². The Balaban J connectivity index is 1.57. The van der Waals surface area contributed by atoms with Crippen molar-refractivity contribution in [2.45, 2.75) is 126 Å². The van der Waals surface area contributed by atoms with Gasteiger partial charge in [-0.1, -0.05) is 18.9 Å². The minimum absolute atomic E-state index is 0.00196. The van der Waals surface area contributed by atoms with E-state index in [1.165, 1.54) is 12.1 Å². The molecule has 0 radical (unpaired) electrons. The summed E-state index contributed by atoms with van der Waals surface area (Å²) in [4.78, 5) is 60.7. The maximum atomic E-state index is 14.3. The molecule has 0 saturated heterocycles. The molecule has 0 fully saturated rings. The first-order valence-electron chi connectivity index (χ1n) is 26.0. The second kappa shape index (κ2) is 30.2. The molecule has 0 bridgehead atoms. The highest BCUT2D eigenvalue weighted by molar-refractivity contribution is 7.89. The molecule has 0 unspecified atom stereocenters. The van der Waals surface area contributed by atoms with Gasteiger partial charge in [-0.15, -0.1) is 0 Å². The molecule has 0 saturated carbocycles. The number of rotatable bonds is 33. The summed E-state index contributed by atoms with van der Waals surface area (Å²) in [6.45, 7) is 11.6. The Hall–Kier alpha value is -6.87. The standard InChI is InChI=1S/C51H78N14O10S2/c1-5-64(6-2)33-20-23-36-42(30-33)75-43-31-34(65(7-3)8-4)21-24-37(43)46(36)38-25-22-35(32-44(38)77(72,73)74)76(70,71)63-41(16-13-26-52)49(69)62-40(18-15-29-60-51(56)57)48(68)58-27-12-10-9-11-19-45(66)61-39(47(53)67)17-14-28-59-50(54)55/h20-25,30-32,39-41,63H,5-19,26-29,52H2,1-4H3,(H13-,53,54,55,56,57,58,59,60,61,62,66,67,68,69,72,73,74)/p+1/t39-,40+,41+/m1/s1. The Morgan fingerprint density at radius 1 is 0.701 bits per heavy atom. The fourth-order valence-corrected chi connectivity index (χ4v) is 10.9. The molecule has 0 aromatic heterocycles.